The van der Waals surface area contributed by atoms with Gasteiger partial charge in [0.15, 0.2) is 0 Å². The number of benzene rings is 2. The molecule has 2 nitrogen and oxygen atoms in total. The molecule has 2 aliphatic carbocycles. The summed E-state index contributed by atoms with van der Waals surface area (Å²) >= 11 is 0. The molecule has 0 radical (unpaired) electrons. The molecule has 0 bridgehead atoms. The highest BCUT2D eigenvalue weighted by Crippen LogP contribution is 2.80. The van der Waals surface area contributed by atoms with Gasteiger partial charge in [0.1, 0.15) is 14.2 Å². The van der Waals surface area contributed by atoms with E-state index in [0.717, 1.165) is 18.4 Å². The summed E-state index contributed by atoms with van der Waals surface area (Å²) in [5.74, 6) is 0.280. The molecule has 1 saturated heterocycles. The summed E-state index contributed by atoms with van der Waals surface area (Å²) in [6.07, 6.45) is 6.08. The topological polar surface area (TPSA) is 26.3 Å². The largest absolute Gasteiger partial charge is 0.461 e. The third-order valence-corrected chi connectivity index (χ3v) is 15.2. The Morgan fingerprint density at radius 3 is 1.87 bits per heavy atom. The molecule has 1 heterocycles. The lowest BCUT2D eigenvalue weighted by atomic mass is 9.83. The van der Waals surface area contributed by atoms with Gasteiger partial charge in [-0.25, -0.2) is 0 Å². The summed E-state index contributed by atoms with van der Waals surface area (Å²) in [7, 11) is -2.56. The fourth-order valence-corrected chi connectivity index (χ4v) is 15.1. The van der Waals surface area contributed by atoms with Gasteiger partial charge in [-0.05, 0) is 23.8 Å². The van der Waals surface area contributed by atoms with E-state index < -0.39 is 8.07 Å². The van der Waals surface area contributed by atoms with Crippen LogP contribution < -0.4 is 10.4 Å². The van der Waals surface area contributed by atoms with Gasteiger partial charge < -0.3 is 4.74 Å². The minimum atomic E-state index is -2.56. The second-order valence-electron chi connectivity index (χ2n) is 10.8. The first kappa shape index (κ1) is 20.8. The number of carbonyl (C=O) groups is 1. The normalized spacial score (nSPS) is 28.9. The molecule has 2 aromatic rings. The molecule has 2 aromatic carbocycles. The van der Waals surface area contributed by atoms with Crippen LogP contribution in [0.1, 0.15) is 52.9 Å². The molecule has 0 unspecified atom stereocenters. The summed E-state index contributed by atoms with van der Waals surface area (Å²) < 4.78 is 6.32. The van der Waals surface area contributed by atoms with Gasteiger partial charge in [0.25, 0.3) is 0 Å². The Hall–Kier alpha value is -2.13. The van der Waals surface area contributed by atoms with Crippen molar-refractivity contribution < 1.29 is 9.53 Å². The summed E-state index contributed by atoms with van der Waals surface area (Å²) in [6.45, 7) is 11.7. The molecule has 0 aromatic heterocycles. The molecule has 3 aliphatic rings. The maximum Gasteiger partial charge on any atom is 0.314 e. The van der Waals surface area contributed by atoms with Crippen LogP contribution in [0.25, 0.3) is 0 Å². The zero-order valence-corrected chi connectivity index (χ0v) is 20.1. The number of fused-ring (bicyclic) bond motifs is 1. The van der Waals surface area contributed by atoms with E-state index in [1.54, 1.807) is 0 Å². The Labute approximate surface area is 187 Å². The average Bonchev–Trinajstić information content (AvgIpc) is 3.25. The predicted octanol–water partition coefficient (Wildman–Crippen LogP) is 5.48. The van der Waals surface area contributed by atoms with Crippen LogP contribution in [0.3, 0.4) is 0 Å². The molecule has 162 valence electrons. The number of hydrogen-bond acceptors (Lipinski definition) is 2. The van der Waals surface area contributed by atoms with Crippen LogP contribution in [0.2, 0.25) is 10.1 Å². The number of hydrogen-bond donors (Lipinski definition) is 0. The highest BCUT2D eigenvalue weighted by atomic mass is 28.3. The van der Waals surface area contributed by atoms with Crippen LogP contribution in [-0.2, 0) is 9.53 Å². The lowest BCUT2D eigenvalue weighted by Gasteiger charge is -2.52. The molecule has 3 atom stereocenters. The molecule has 0 spiro atoms. The van der Waals surface area contributed by atoms with Crippen LogP contribution in [-0.4, -0.2) is 20.1 Å². The van der Waals surface area contributed by atoms with Gasteiger partial charge in [-0.1, -0.05) is 123 Å². The van der Waals surface area contributed by atoms with E-state index in [9.17, 15) is 4.79 Å². The van der Waals surface area contributed by atoms with Crippen LogP contribution in [0.4, 0.5) is 0 Å². The summed E-state index contributed by atoms with van der Waals surface area (Å²) in [5.41, 5.74) is 1.15. The van der Waals surface area contributed by atoms with E-state index >= 15 is 0 Å². The van der Waals surface area contributed by atoms with Crippen molar-refractivity contribution in [3.63, 3.8) is 0 Å². The van der Waals surface area contributed by atoms with Crippen LogP contribution in [0.5, 0.6) is 0 Å². The maximum atomic E-state index is 13.3. The first-order valence-electron chi connectivity index (χ1n) is 11.9. The third kappa shape index (κ3) is 2.65. The van der Waals surface area contributed by atoms with Gasteiger partial charge in [-0.2, -0.15) is 0 Å². The van der Waals surface area contributed by atoms with Gasteiger partial charge >= 0.3 is 5.97 Å². The van der Waals surface area contributed by atoms with E-state index in [1.807, 2.05) is 0 Å². The number of rotatable bonds is 4. The second-order valence-corrected chi connectivity index (χ2v) is 15.8. The molecule has 1 aliphatic heterocycles. The van der Waals surface area contributed by atoms with Gasteiger partial charge in [0, 0.05) is 5.04 Å². The molecule has 0 N–H and O–H groups in total. The SMILES string of the molecule is C=C1[C@H]2C(=O)O[C@@H](C3CCCCC3)[C@@]12[Si](c1ccccc1)(c1ccccc1)C(C)(C)C. The van der Waals surface area contributed by atoms with Crippen molar-refractivity contribution in [2.45, 2.75) is 69.1 Å². The minimum Gasteiger partial charge on any atom is -0.461 e. The van der Waals surface area contributed by atoms with Crippen molar-refractivity contribution in [3.8, 4) is 0 Å². The summed E-state index contributed by atoms with van der Waals surface area (Å²) in [6, 6.07) is 22.1. The standard InChI is InChI=1S/C28H34O2Si/c1-20-24-26(29)30-25(21-14-8-5-9-15-21)28(20,24)31(27(2,3)4,22-16-10-6-11-17-22)23-18-12-7-13-19-23/h6-7,10-13,16-19,21,24-25H,1,5,8-9,14-15H2,2-4H3/t24-,25-,28+/m0/s1. The van der Waals surface area contributed by atoms with Crippen molar-refractivity contribution in [1.82, 2.24) is 0 Å². The smallest absolute Gasteiger partial charge is 0.314 e. The Kier molecular flexibility index (Phi) is 4.82. The number of ether oxygens (including phenoxy) is 1. The van der Waals surface area contributed by atoms with E-state index in [4.69, 9.17) is 4.74 Å². The van der Waals surface area contributed by atoms with E-state index in [2.05, 4.69) is 88.0 Å². The molecule has 3 fully saturated rings. The van der Waals surface area contributed by atoms with Crippen molar-refractivity contribution in [2.24, 2.45) is 11.8 Å². The zero-order valence-electron chi connectivity index (χ0n) is 19.1. The number of cyclic esters (lactones) is 1. The Bertz CT molecular complexity index is 945. The fourth-order valence-electron chi connectivity index (χ4n) is 7.45. The highest BCUT2D eigenvalue weighted by molar-refractivity contribution is 7.08. The highest BCUT2D eigenvalue weighted by Gasteiger charge is 2.84. The van der Waals surface area contributed by atoms with Crippen LogP contribution in [0, 0.1) is 11.8 Å². The van der Waals surface area contributed by atoms with Gasteiger partial charge in [0.05, 0.1) is 5.92 Å². The van der Waals surface area contributed by atoms with E-state index in [-0.39, 0.29) is 28.1 Å². The van der Waals surface area contributed by atoms with Crippen molar-refractivity contribution in [2.75, 3.05) is 0 Å². The van der Waals surface area contributed by atoms with E-state index in [0.29, 0.717) is 5.92 Å². The lowest BCUT2D eigenvalue weighted by molar-refractivity contribution is -0.146. The monoisotopic (exact) mass is 430 g/mol. The molecular formula is C28H34O2Si. The Balaban J connectivity index is 1.82. The molecular weight excluding hydrogens is 396 g/mol. The zero-order chi connectivity index (χ0) is 21.9. The number of carbonyl (C=O) groups excluding carboxylic acids is 1. The van der Waals surface area contributed by atoms with E-state index in [1.165, 1.54) is 29.6 Å². The van der Waals surface area contributed by atoms with Crippen LogP contribution >= 0.6 is 0 Å². The molecule has 3 heteroatoms. The average molecular weight is 431 g/mol. The predicted molar refractivity (Wildman–Crippen MR) is 129 cm³/mol. The van der Waals surface area contributed by atoms with Crippen molar-refractivity contribution in [1.29, 1.82) is 0 Å². The van der Waals surface area contributed by atoms with Gasteiger partial charge in [0.2, 0.25) is 0 Å². The fraction of sp³-hybridized carbons (Fsp3) is 0.464. The van der Waals surface area contributed by atoms with Crippen LogP contribution in [0.15, 0.2) is 72.8 Å². The van der Waals surface area contributed by atoms with Crippen molar-refractivity contribution in [3.05, 3.63) is 72.8 Å². The lowest BCUT2D eigenvalue weighted by Crippen LogP contribution is -2.70. The molecule has 5 rings (SSSR count). The Morgan fingerprint density at radius 1 is 0.903 bits per heavy atom. The molecule has 2 saturated carbocycles. The molecule has 0 amide bonds. The minimum absolute atomic E-state index is 0.0196. The first-order valence-corrected chi connectivity index (χ1v) is 13.9. The quantitative estimate of drug-likeness (QED) is 0.365. The van der Waals surface area contributed by atoms with Gasteiger partial charge in [-0.3, -0.25) is 4.79 Å². The summed E-state index contributed by atoms with van der Waals surface area (Å²) in [4.78, 5) is 13.3. The Morgan fingerprint density at radius 2 is 1.42 bits per heavy atom. The van der Waals surface area contributed by atoms with Crippen molar-refractivity contribution >= 4 is 24.4 Å². The van der Waals surface area contributed by atoms with Gasteiger partial charge in [-0.15, -0.1) is 0 Å². The number of esters is 1. The third-order valence-electron chi connectivity index (χ3n) is 8.42. The summed E-state index contributed by atoms with van der Waals surface area (Å²) in [5, 5.41) is 2.52. The first-order chi connectivity index (χ1) is 14.9. The molecule has 31 heavy (non-hydrogen) atoms. The second kappa shape index (κ2) is 7.20. The maximum absolute atomic E-state index is 13.3.